The van der Waals surface area contributed by atoms with Crippen molar-refractivity contribution in [1.82, 2.24) is 4.98 Å². The normalized spacial score (nSPS) is 9.80. The number of methoxy groups -OCH3 is 1. The third-order valence-electron chi connectivity index (χ3n) is 2.04. The van der Waals surface area contributed by atoms with Gasteiger partial charge in [-0.1, -0.05) is 11.6 Å². The van der Waals surface area contributed by atoms with Crippen LogP contribution in [0.15, 0.2) is 18.5 Å². The molecule has 1 aromatic heterocycles. The van der Waals surface area contributed by atoms with Gasteiger partial charge in [-0.2, -0.15) is 0 Å². The van der Waals surface area contributed by atoms with Crippen molar-refractivity contribution in [3.63, 3.8) is 0 Å². The van der Waals surface area contributed by atoms with Gasteiger partial charge in [0.2, 0.25) is 0 Å². The summed E-state index contributed by atoms with van der Waals surface area (Å²) in [5.74, 6) is -0.230. The van der Waals surface area contributed by atoms with E-state index < -0.39 is 0 Å². The molecule has 0 fully saturated rings. The van der Waals surface area contributed by atoms with Gasteiger partial charge < -0.3 is 9.64 Å². The van der Waals surface area contributed by atoms with Crippen LogP contribution in [0.25, 0.3) is 0 Å². The third-order valence-corrected chi connectivity index (χ3v) is 2.33. The van der Waals surface area contributed by atoms with E-state index in [1.165, 1.54) is 7.11 Å². The van der Waals surface area contributed by atoms with Gasteiger partial charge in [-0.25, -0.2) is 0 Å². The summed E-state index contributed by atoms with van der Waals surface area (Å²) in [6.45, 7) is 0.566. The molecule has 1 aromatic rings. The number of pyridine rings is 1. The molecule has 0 saturated heterocycles. The second-order valence-electron chi connectivity index (χ2n) is 3.07. The average molecular weight is 229 g/mol. The van der Waals surface area contributed by atoms with Gasteiger partial charge in [0, 0.05) is 26.0 Å². The lowest BCUT2D eigenvalue weighted by Gasteiger charge is -2.19. The molecule has 0 N–H and O–H groups in total. The molecule has 0 aliphatic rings. The first-order valence-corrected chi connectivity index (χ1v) is 4.90. The topological polar surface area (TPSA) is 42.4 Å². The zero-order valence-corrected chi connectivity index (χ0v) is 9.49. The average Bonchev–Trinajstić information content (AvgIpc) is 2.26. The number of anilines is 1. The minimum Gasteiger partial charge on any atom is -0.469 e. The van der Waals surface area contributed by atoms with E-state index in [-0.39, 0.29) is 5.97 Å². The Morgan fingerprint density at radius 2 is 2.40 bits per heavy atom. The quantitative estimate of drug-likeness (QED) is 0.737. The van der Waals surface area contributed by atoms with Gasteiger partial charge in [-0.15, -0.1) is 0 Å². The van der Waals surface area contributed by atoms with Crippen LogP contribution in [-0.4, -0.2) is 31.7 Å². The van der Waals surface area contributed by atoms with Crippen LogP contribution in [0, 0.1) is 0 Å². The smallest absolute Gasteiger partial charge is 0.307 e. The predicted molar refractivity (Wildman–Crippen MR) is 59.2 cm³/mol. The lowest BCUT2D eigenvalue weighted by molar-refractivity contribution is -0.140. The molecule has 0 aliphatic heterocycles. The molecule has 0 unspecified atom stereocenters. The van der Waals surface area contributed by atoms with Crippen molar-refractivity contribution in [2.75, 3.05) is 25.6 Å². The Morgan fingerprint density at radius 3 is 3.00 bits per heavy atom. The number of halogens is 1. The number of carbonyl (C=O) groups excluding carboxylic acids is 1. The first kappa shape index (κ1) is 11.8. The first-order chi connectivity index (χ1) is 7.15. The van der Waals surface area contributed by atoms with Gasteiger partial charge in [0.05, 0.1) is 24.2 Å². The van der Waals surface area contributed by atoms with Gasteiger partial charge in [0.25, 0.3) is 0 Å². The summed E-state index contributed by atoms with van der Waals surface area (Å²) < 4.78 is 4.56. The molecule has 0 saturated carbocycles. The van der Waals surface area contributed by atoms with Gasteiger partial charge >= 0.3 is 5.97 Å². The molecule has 4 nitrogen and oxygen atoms in total. The predicted octanol–water partition coefficient (Wildman–Crippen LogP) is 1.73. The summed E-state index contributed by atoms with van der Waals surface area (Å²) in [6.07, 6.45) is 3.58. The number of esters is 1. The summed E-state index contributed by atoms with van der Waals surface area (Å²) >= 11 is 5.95. The van der Waals surface area contributed by atoms with Gasteiger partial charge in [-0.05, 0) is 6.07 Å². The highest BCUT2D eigenvalue weighted by molar-refractivity contribution is 6.33. The molecule has 0 aromatic carbocycles. The number of hydrogen-bond donors (Lipinski definition) is 0. The molecule has 0 amide bonds. The van der Waals surface area contributed by atoms with E-state index in [1.807, 2.05) is 11.9 Å². The fourth-order valence-corrected chi connectivity index (χ4v) is 1.42. The fourth-order valence-electron chi connectivity index (χ4n) is 1.16. The third kappa shape index (κ3) is 3.40. The van der Waals surface area contributed by atoms with E-state index in [0.717, 1.165) is 5.69 Å². The summed E-state index contributed by atoms with van der Waals surface area (Å²) in [4.78, 5) is 16.7. The summed E-state index contributed by atoms with van der Waals surface area (Å²) in [5, 5.41) is 0.574. The van der Waals surface area contributed by atoms with E-state index in [0.29, 0.717) is 18.0 Å². The molecule has 15 heavy (non-hydrogen) atoms. The summed E-state index contributed by atoms with van der Waals surface area (Å²) in [6, 6.07) is 1.81. The van der Waals surface area contributed by atoms with E-state index in [2.05, 4.69) is 9.72 Å². The molecule has 1 rings (SSSR count). The lowest BCUT2D eigenvalue weighted by Crippen LogP contribution is -2.21. The van der Waals surface area contributed by atoms with E-state index in [9.17, 15) is 4.79 Å². The van der Waals surface area contributed by atoms with E-state index >= 15 is 0 Å². The molecule has 0 aliphatic carbocycles. The lowest BCUT2D eigenvalue weighted by atomic mass is 10.3. The number of hydrogen-bond acceptors (Lipinski definition) is 4. The maximum atomic E-state index is 10.9. The summed E-state index contributed by atoms with van der Waals surface area (Å²) in [7, 11) is 3.24. The highest BCUT2D eigenvalue weighted by Crippen LogP contribution is 2.22. The molecule has 0 spiro atoms. The van der Waals surface area contributed by atoms with Crippen molar-refractivity contribution in [3.05, 3.63) is 23.5 Å². The monoisotopic (exact) mass is 228 g/mol. The van der Waals surface area contributed by atoms with E-state index in [1.54, 1.807) is 18.5 Å². The molecular weight excluding hydrogens is 216 g/mol. The highest BCUT2D eigenvalue weighted by Gasteiger charge is 2.07. The highest BCUT2D eigenvalue weighted by atomic mass is 35.5. The first-order valence-electron chi connectivity index (χ1n) is 4.52. The van der Waals surface area contributed by atoms with Crippen LogP contribution in [0.5, 0.6) is 0 Å². The van der Waals surface area contributed by atoms with Crippen molar-refractivity contribution in [2.24, 2.45) is 0 Å². The second kappa shape index (κ2) is 5.56. The largest absolute Gasteiger partial charge is 0.469 e. The molecule has 1 heterocycles. The Kier molecular flexibility index (Phi) is 4.37. The minimum atomic E-state index is -0.230. The van der Waals surface area contributed by atoms with Crippen LogP contribution in [0.1, 0.15) is 6.42 Å². The number of rotatable bonds is 4. The van der Waals surface area contributed by atoms with E-state index in [4.69, 9.17) is 11.6 Å². The Bertz CT molecular complexity index is 344. The molecular formula is C10H13ClN2O2. The molecule has 0 radical (unpaired) electrons. The van der Waals surface area contributed by atoms with Gasteiger partial charge in [-0.3, -0.25) is 9.78 Å². The van der Waals surface area contributed by atoms with Crippen LogP contribution in [0.2, 0.25) is 5.02 Å². The number of nitrogens with zero attached hydrogens (tertiary/aromatic N) is 2. The van der Waals surface area contributed by atoms with Crippen LogP contribution < -0.4 is 4.90 Å². The zero-order valence-electron chi connectivity index (χ0n) is 8.74. The fraction of sp³-hybridized carbons (Fsp3) is 0.400. The molecule has 82 valence electrons. The Balaban J connectivity index is 2.57. The number of ether oxygens (including phenoxy) is 1. The number of aromatic nitrogens is 1. The Labute approximate surface area is 93.8 Å². The molecule has 5 heteroatoms. The van der Waals surface area contributed by atoms with Crippen LogP contribution in [0.3, 0.4) is 0 Å². The van der Waals surface area contributed by atoms with Crippen molar-refractivity contribution in [1.29, 1.82) is 0 Å². The van der Waals surface area contributed by atoms with Crippen LogP contribution in [-0.2, 0) is 9.53 Å². The molecule has 0 atom stereocenters. The number of carbonyl (C=O) groups is 1. The van der Waals surface area contributed by atoms with Crippen LogP contribution >= 0.6 is 11.6 Å². The van der Waals surface area contributed by atoms with Crippen molar-refractivity contribution < 1.29 is 9.53 Å². The summed E-state index contributed by atoms with van der Waals surface area (Å²) in [5.41, 5.74) is 0.857. The zero-order chi connectivity index (χ0) is 11.3. The Hall–Kier alpha value is -1.29. The van der Waals surface area contributed by atoms with Gasteiger partial charge in [0.15, 0.2) is 0 Å². The maximum Gasteiger partial charge on any atom is 0.307 e. The second-order valence-corrected chi connectivity index (χ2v) is 3.48. The SMILES string of the molecule is COC(=O)CCN(C)c1ccncc1Cl. The van der Waals surface area contributed by atoms with Crippen LogP contribution in [0.4, 0.5) is 5.69 Å². The molecule has 0 bridgehead atoms. The minimum absolute atomic E-state index is 0.230. The van der Waals surface area contributed by atoms with Crippen molar-refractivity contribution >= 4 is 23.3 Å². The van der Waals surface area contributed by atoms with Gasteiger partial charge in [0.1, 0.15) is 0 Å². The standard InChI is InChI=1S/C10H13ClN2O2/c1-13(6-4-10(14)15-2)9-3-5-12-7-8(9)11/h3,5,7H,4,6H2,1-2H3. The Morgan fingerprint density at radius 1 is 1.67 bits per heavy atom. The maximum absolute atomic E-state index is 10.9. The van der Waals surface area contributed by atoms with Crippen molar-refractivity contribution in [3.8, 4) is 0 Å². The van der Waals surface area contributed by atoms with Crippen molar-refractivity contribution in [2.45, 2.75) is 6.42 Å².